The van der Waals surface area contributed by atoms with Gasteiger partial charge in [-0.25, -0.2) is 4.79 Å². The maximum atomic E-state index is 13.2. The smallest absolute Gasteiger partial charge is 0.338 e. The standard InChI is InChI=1S/C38H45O4P.C37H43O4P.C31H30O4P.C9H10O2.3BrH/c1-41-37-30-32(26-27-36(37)39)31-38(40)42-28-18-7-5-3-2-4-6-8-19-29-43(33-20-12-9-13-21-33,34-22-14-10-15-23-34)35-24-16-11-17-25-35;1-40-36-30-31(26-27-35(36)38)37(39)41-28-18-7-5-3-2-4-6-8-19-29-42(32-20-12-9-13-21-32,33-22-14-10-15-23-33)34-24-16-11-17-25-34;1-24(32)35-30-21-20-25(23-31(30)34-2)29(33)19-12-22-36(26-13-6-3-7-14-26,27-15-8-4-9-16-27)28-17-10-5-11-18-28;1-2-7-3-4-9(11)8(5-7)6-10;;;/h9-17,20-27,30H,2-8,18-19,28-29,31H2,1H3;9-17,20-27,30H,2-8,18-19,28-29H2,1H3;3-11,13-18,20-21,23H,12,19,22H2,1-2H3;2-5,10-11H,1,6H2;3*1H/q;;+1;;;;/p-1. The van der Waals surface area contributed by atoms with Crippen LogP contribution in [0.25, 0.3) is 6.08 Å². The van der Waals surface area contributed by atoms with E-state index >= 15 is 0 Å². The number of phenolic OH excluding ortho intramolecular Hbond substituents is 2. The van der Waals surface area contributed by atoms with Crippen molar-refractivity contribution in [3.05, 3.63) is 380 Å². The molecule has 13 aromatic carbocycles. The lowest BCUT2D eigenvalue weighted by Crippen LogP contribution is -3.00. The van der Waals surface area contributed by atoms with Gasteiger partial charge in [-0.05, 0) is 226 Å². The van der Waals surface area contributed by atoms with E-state index in [1.807, 2.05) is 18.2 Å². The molecule has 13 rings (SSSR count). The molecule has 0 spiro atoms. The van der Waals surface area contributed by atoms with Gasteiger partial charge in [0.25, 0.3) is 0 Å². The topological polar surface area (TPSA) is 205 Å². The lowest BCUT2D eigenvalue weighted by atomic mass is 10.1. The summed E-state index contributed by atoms with van der Waals surface area (Å²) in [6.07, 6.45) is 27.5. The minimum atomic E-state index is -1.97. The van der Waals surface area contributed by atoms with Crippen LogP contribution in [0, 0.1) is 0 Å². The molecule has 0 aliphatic carbocycles. The van der Waals surface area contributed by atoms with E-state index in [2.05, 4.69) is 261 Å². The number of aromatic hydroxyl groups is 3. The second kappa shape index (κ2) is 61.3. The lowest BCUT2D eigenvalue weighted by Gasteiger charge is -2.27. The molecule has 0 bridgehead atoms. The van der Waals surface area contributed by atoms with Crippen LogP contribution in [-0.2, 0) is 32.1 Å². The van der Waals surface area contributed by atoms with Gasteiger partial charge in [-0.1, -0.05) is 266 Å². The average Bonchev–Trinajstić information content (AvgIpc) is 0.766. The number of rotatable bonds is 47. The molecule has 14 nitrogen and oxygen atoms in total. The van der Waals surface area contributed by atoms with Crippen LogP contribution < -0.4 is 118 Å². The van der Waals surface area contributed by atoms with Gasteiger partial charge in [0.2, 0.25) is 0 Å². The second-order valence-electron chi connectivity index (χ2n) is 32.6. The Morgan fingerprint density at radius 2 is 0.622 bits per heavy atom. The first-order valence-corrected chi connectivity index (χ1v) is 52.2. The maximum Gasteiger partial charge on any atom is 0.338 e. The highest BCUT2D eigenvalue weighted by Crippen LogP contribution is 2.59. The number of Topliss-reactive ketones (excluding diaryl/α,β-unsaturated/α-hetero) is 1. The van der Waals surface area contributed by atoms with E-state index in [0.29, 0.717) is 53.6 Å². The van der Waals surface area contributed by atoms with E-state index in [1.54, 1.807) is 60.7 Å². The summed E-state index contributed by atoms with van der Waals surface area (Å²) in [7, 11) is -0.960. The van der Waals surface area contributed by atoms with Gasteiger partial charge < -0.3 is 99.8 Å². The van der Waals surface area contributed by atoms with E-state index < -0.39 is 27.8 Å². The van der Waals surface area contributed by atoms with E-state index in [-0.39, 0.29) is 105 Å². The number of carbonyl (C=O) groups is 4. The highest BCUT2D eigenvalue weighted by Gasteiger charge is 2.47. The van der Waals surface area contributed by atoms with Crippen LogP contribution >= 0.6 is 21.8 Å². The largest absolute Gasteiger partial charge is 1.00 e. The van der Waals surface area contributed by atoms with Gasteiger partial charge in [0.05, 0.1) is 71.6 Å². The molecule has 13 aromatic rings. The molecule has 0 amide bonds. The molecule has 0 aromatic heterocycles. The molecule has 135 heavy (non-hydrogen) atoms. The van der Waals surface area contributed by atoms with E-state index in [4.69, 9.17) is 38.6 Å². The third-order valence-corrected chi connectivity index (χ3v) is 37.3. The van der Waals surface area contributed by atoms with Crippen molar-refractivity contribution in [2.45, 2.75) is 148 Å². The van der Waals surface area contributed by atoms with Crippen LogP contribution in [0.15, 0.2) is 352 Å². The lowest BCUT2D eigenvalue weighted by molar-refractivity contribution is -0.143. The summed E-state index contributed by atoms with van der Waals surface area (Å²) in [5.74, 6) is 0.494. The SMILES string of the molecule is C=Cc1ccc(O)c(CO)c1.COc1cc(C(=O)CCC[P+](c2ccccc2)(c2ccccc2)c2ccccc2)ccc1OC(C)=O.COc1cc(C(=O)OCCCCCCCCCCC[P+](c2ccccc2)(c2ccccc2)c2ccccc2)ccc1O.COc1cc(CC(=O)OCCCCCCCCCCC[P+](c2ccccc2)(c2ccccc2)c2ccccc2)ccc1O.[Br-].[Br-].[Br-]. The zero-order valence-corrected chi connectivity index (χ0v) is 85.6. The number of carbonyl (C=O) groups excluding carboxylic acids is 4. The Labute approximate surface area is 833 Å². The molecule has 0 saturated carbocycles. The van der Waals surface area contributed by atoms with Gasteiger partial charge in [-0.2, -0.15) is 0 Å². The van der Waals surface area contributed by atoms with Crippen LogP contribution in [0.1, 0.15) is 173 Å². The zero-order valence-electron chi connectivity index (χ0n) is 78.1. The number of hydrogen-bond acceptors (Lipinski definition) is 14. The second-order valence-corrected chi connectivity index (χ2v) is 43.5. The fourth-order valence-electron chi connectivity index (χ4n) is 16.9. The van der Waals surface area contributed by atoms with Gasteiger partial charge >= 0.3 is 17.9 Å². The highest BCUT2D eigenvalue weighted by atomic mass is 79.9. The Kier molecular flexibility index (Phi) is 50.5. The quantitative estimate of drug-likeness (QED) is 0.00921. The number of methoxy groups -OCH3 is 3. The predicted molar refractivity (Wildman–Crippen MR) is 549 cm³/mol. The van der Waals surface area contributed by atoms with Crippen molar-refractivity contribution < 1.29 is 119 Å². The molecule has 0 aliphatic heterocycles. The number of benzene rings is 13. The number of hydrogen-bond donors (Lipinski definition) is 4. The van der Waals surface area contributed by atoms with E-state index in [9.17, 15) is 29.4 Å². The fraction of sp³-hybridized carbons (Fsp3) is 0.270. The van der Waals surface area contributed by atoms with E-state index in [1.165, 1.54) is 190 Å². The van der Waals surface area contributed by atoms with Crippen molar-refractivity contribution in [3.63, 3.8) is 0 Å². The first kappa shape index (κ1) is 111. The number of ether oxygens (including phenoxy) is 6. The summed E-state index contributed by atoms with van der Waals surface area (Å²) in [4.78, 5) is 48.9. The number of esters is 3. The molecule has 710 valence electrons. The Balaban J connectivity index is 0.000000258. The minimum Gasteiger partial charge on any atom is -1.00 e. The molecule has 0 atom stereocenters. The predicted octanol–water partition coefficient (Wildman–Crippen LogP) is 14.2. The van der Waals surface area contributed by atoms with Crippen molar-refractivity contribution in [1.82, 2.24) is 0 Å². The summed E-state index contributed by atoms with van der Waals surface area (Å²) in [6.45, 7) is 5.64. The van der Waals surface area contributed by atoms with Crippen LogP contribution in [0.5, 0.6) is 40.2 Å². The summed E-state index contributed by atoms with van der Waals surface area (Å²) in [6, 6.07) is 118. The summed E-state index contributed by atoms with van der Waals surface area (Å²) < 4.78 is 31.5. The van der Waals surface area contributed by atoms with Crippen molar-refractivity contribution in [2.24, 2.45) is 0 Å². The third kappa shape index (κ3) is 33.5. The molecular weight excluding hydrogens is 1940 g/mol. The van der Waals surface area contributed by atoms with Crippen molar-refractivity contribution in [1.29, 1.82) is 0 Å². The molecular formula is C115H130Br3O14P3. The summed E-state index contributed by atoms with van der Waals surface area (Å²) in [5.41, 5.74) is 3.13. The van der Waals surface area contributed by atoms with Crippen molar-refractivity contribution in [3.8, 4) is 40.2 Å². The van der Waals surface area contributed by atoms with Crippen LogP contribution in [0.3, 0.4) is 0 Å². The molecule has 0 fully saturated rings. The number of aliphatic hydroxyl groups is 1. The Morgan fingerprint density at radius 3 is 0.963 bits per heavy atom. The van der Waals surface area contributed by atoms with Gasteiger partial charge in [-0.3, -0.25) is 14.4 Å². The Morgan fingerprint density at radius 1 is 0.319 bits per heavy atom. The normalized spacial score (nSPS) is 10.8. The molecule has 0 unspecified atom stereocenters. The molecule has 0 saturated heterocycles. The number of phenols is 3. The van der Waals surface area contributed by atoms with Gasteiger partial charge in [0.15, 0.2) is 40.3 Å². The van der Waals surface area contributed by atoms with Crippen LogP contribution in [-0.4, -0.2) is 97.1 Å². The fourth-order valence-corrected chi connectivity index (χ4v) is 30.0. The molecule has 0 radical (unpaired) electrons. The molecule has 4 N–H and O–H groups in total. The zero-order chi connectivity index (χ0) is 93.3. The average molecular weight is 2070 g/mol. The molecule has 20 heteroatoms. The number of aliphatic hydroxyl groups excluding tert-OH is 1. The molecule has 0 aliphatic rings. The van der Waals surface area contributed by atoms with Gasteiger partial charge in [0, 0.05) is 24.5 Å². The van der Waals surface area contributed by atoms with Gasteiger partial charge in [-0.15, -0.1) is 0 Å². The van der Waals surface area contributed by atoms with Gasteiger partial charge in [0.1, 0.15) is 75.3 Å². The monoisotopic (exact) mass is 2060 g/mol. The van der Waals surface area contributed by atoms with Crippen molar-refractivity contribution >= 4 is 99.3 Å². The summed E-state index contributed by atoms with van der Waals surface area (Å²) in [5, 5.41) is 50.0. The first-order valence-electron chi connectivity index (χ1n) is 46.3. The maximum absolute atomic E-state index is 13.2. The first-order chi connectivity index (χ1) is 64.6. The Hall–Kier alpha value is -10.8. The highest BCUT2D eigenvalue weighted by molar-refractivity contribution is 7.96. The number of unbranched alkanes of at least 4 members (excludes halogenated alkanes) is 16. The number of halogens is 3. The summed E-state index contributed by atoms with van der Waals surface area (Å²) >= 11 is 0. The third-order valence-electron chi connectivity index (χ3n) is 23.7. The molecule has 0 heterocycles. The van der Waals surface area contributed by atoms with E-state index in [0.717, 1.165) is 55.8 Å². The van der Waals surface area contributed by atoms with Crippen molar-refractivity contribution in [2.75, 3.05) is 53.0 Å². The number of ketones is 1. The van der Waals surface area contributed by atoms with Crippen LogP contribution in [0.2, 0.25) is 0 Å². The Bertz CT molecular complexity index is 5290. The minimum absolute atomic E-state index is 0. The van der Waals surface area contributed by atoms with Crippen LogP contribution in [0.4, 0.5) is 0 Å².